The van der Waals surface area contributed by atoms with Crippen molar-refractivity contribution in [3.8, 4) is 11.6 Å². The first-order chi connectivity index (χ1) is 10.2. The molecule has 1 aromatic heterocycles. The number of hydrogen-bond donors (Lipinski definition) is 1. The van der Waals surface area contributed by atoms with Gasteiger partial charge in [0.05, 0.1) is 0 Å². The van der Waals surface area contributed by atoms with E-state index in [9.17, 15) is 0 Å². The van der Waals surface area contributed by atoms with Crippen molar-refractivity contribution in [2.75, 3.05) is 0 Å². The van der Waals surface area contributed by atoms with Crippen LogP contribution in [0.4, 0.5) is 0 Å². The predicted molar refractivity (Wildman–Crippen MR) is 85.0 cm³/mol. The minimum Gasteiger partial charge on any atom is -0.439 e. The third kappa shape index (κ3) is 4.19. The zero-order valence-corrected chi connectivity index (χ0v) is 12.9. The number of ether oxygens (including phenoxy) is 1. The Hall–Kier alpha value is -1.58. The smallest absolute Gasteiger partial charge is 0.219 e. The molecule has 1 saturated carbocycles. The summed E-state index contributed by atoms with van der Waals surface area (Å²) in [5.74, 6) is 1.34. The highest BCUT2D eigenvalue weighted by molar-refractivity contribution is 6.30. The molecular weight excluding hydrogens is 284 g/mol. The van der Waals surface area contributed by atoms with Gasteiger partial charge in [0.15, 0.2) is 0 Å². The van der Waals surface area contributed by atoms with E-state index in [0.29, 0.717) is 22.7 Å². The first-order valence-corrected chi connectivity index (χ1v) is 7.77. The van der Waals surface area contributed by atoms with E-state index in [-0.39, 0.29) is 0 Å². The van der Waals surface area contributed by atoms with E-state index >= 15 is 0 Å². The molecule has 21 heavy (non-hydrogen) atoms. The molecule has 1 aromatic carbocycles. The van der Waals surface area contributed by atoms with Gasteiger partial charge in [-0.15, -0.1) is 0 Å². The molecule has 1 N–H and O–H groups in total. The largest absolute Gasteiger partial charge is 0.439 e. The fraction of sp³-hybridized carbons (Fsp3) is 0.353. The third-order valence-corrected chi connectivity index (χ3v) is 3.70. The Kier molecular flexibility index (Phi) is 4.42. The van der Waals surface area contributed by atoms with Crippen LogP contribution in [0.5, 0.6) is 11.6 Å². The number of pyridine rings is 1. The summed E-state index contributed by atoms with van der Waals surface area (Å²) in [6, 6.07) is 12.2. The second-order valence-corrected chi connectivity index (χ2v) is 5.81. The van der Waals surface area contributed by atoms with Gasteiger partial charge in [0, 0.05) is 29.4 Å². The molecule has 1 aliphatic rings. The SMILES string of the molecule is CCc1cc(CNC2CC2)cc(Oc2cccc(Cl)c2)n1. The van der Waals surface area contributed by atoms with Gasteiger partial charge in [-0.3, -0.25) is 0 Å². The first-order valence-electron chi connectivity index (χ1n) is 7.39. The second kappa shape index (κ2) is 6.46. The van der Waals surface area contributed by atoms with E-state index < -0.39 is 0 Å². The monoisotopic (exact) mass is 302 g/mol. The van der Waals surface area contributed by atoms with Crippen LogP contribution >= 0.6 is 11.6 Å². The molecule has 0 atom stereocenters. The number of halogens is 1. The summed E-state index contributed by atoms with van der Waals surface area (Å²) in [6.07, 6.45) is 3.47. The molecule has 0 aliphatic heterocycles. The van der Waals surface area contributed by atoms with Crippen LogP contribution in [0.1, 0.15) is 31.0 Å². The Morgan fingerprint density at radius 1 is 1.29 bits per heavy atom. The summed E-state index contributed by atoms with van der Waals surface area (Å²) >= 11 is 5.98. The van der Waals surface area contributed by atoms with Crippen molar-refractivity contribution in [1.82, 2.24) is 10.3 Å². The van der Waals surface area contributed by atoms with Gasteiger partial charge in [0.25, 0.3) is 0 Å². The molecule has 1 fully saturated rings. The van der Waals surface area contributed by atoms with Crippen LogP contribution in [0.25, 0.3) is 0 Å². The molecule has 0 spiro atoms. The number of aryl methyl sites for hydroxylation is 1. The molecule has 110 valence electrons. The molecule has 0 bridgehead atoms. The highest BCUT2D eigenvalue weighted by atomic mass is 35.5. The molecule has 4 heteroatoms. The van der Waals surface area contributed by atoms with Gasteiger partial charge < -0.3 is 10.1 Å². The lowest BCUT2D eigenvalue weighted by molar-refractivity contribution is 0.459. The number of nitrogens with zero attached hydrogens (tertiary/aromatic N) is 1. The standard InChI is InChI=1S/C17H19ClN2O/c1-2-14-8-12(11-19-15-6-7-15)9-17(20-14)21-16-5-3-4-13(18)10-16/h3-5,8-10,15,19H,2,6-7,11H2,1H3. The van der Waals surface area contributed by atoms with E-state index in [0.717, 1.165) is 18.7 Å². The third-order valence-electron chi connectivity index (χ3n) is 3.47. The lowest BCUT2D eigenvalue weighted by Gasteiger charge is -2.10. The fourth-order valence-corrected chi connectivity index (χ4v) is 2.34. The summed E-state index contributed by atoms with van der Waals surface area (Å²) < 4.78 is 5.84. The molecule has 0 saturated heterocycles. The van der Waals surface area contributed by atoms with Crippen molar-refractivity contribution in [2.45, 2.75) is 38.8 Å². The van der Waals surface area contributed by atoms with Gasteiger partial charge in [-0.05, 0) is 49.1 Å². The molecule has 1 heterocycles. The average molecular weight is 303 g/mol. The molecule has 2 aromatic rings. The van der Waals surface area contributed by atoms with Gasteiger partial charge >= 0.3 is 0 Å². The molecule has 3 rings (SSSR count). The van der Waals surface area contributed by atoms with Gasteiger partial charge in [0.2, 0.25) is 5.88 Å². The molecule has 0 unspecified atom stereocenters. The van der Waals surface area contributed by atoms with E-state index in [1.165, 1.54) is 18.4 Å². The van der Waals surface area contributed by atoms with Gasteiger partial charge in [-0.2, -0.15) is 0 Å². The summed E-state index contributed by atoms with van der Waals surface area (Å²) in [7, 11) is 0. The van der Waals surface area contributed by atoms with Crippen LogP contribution in [0.2, 0.25) is 5.02 Å². The fourth-order valence-electron chi connectivity index (χ4n) is 2.16. The van der Waals surface area contributed by atoms with Crippen LogP contribution in [-0.2, 0) is 13.0 Å². The zero-order valence-electron chi connectivity index (χ0n) is 12.1. The highest BCUT2D eigenvalue weighted by Gasteiger charge is 2.20. The van der Waals surface area contributed by atoms with Crippen LogP contribution in [0, 0.1) is 0 Å². The Bertz CT molecular complexity index is 626. The van der Waals surface area contributed by atoms with Crippen molar-refractivity contribution in [3.05, 3.63) is 52.7 Å². The Morgan fingerprint density at radius 2 is 2.14 bits per heavy atom. The van der Waals surface area contributed by atoms with Crippen LogP contribution in [0.3, 0.4) is 0 Å². The van der Waals surface area contributed by atoms with Gasteiger partial charge in [-0.25, -0.2) is 4.98 Å². The minimum absolute atomic E-state index is 0.629. The van der Waals surface area contributed by atoms with E-state index in [1.54, 1.807) is 6.07 Å². The van der Waals surface area contributed by atoms with E-state index in [1.807, 2.05) is 24.3 Å². The topological polar surface area (TPSA) is 34.1 Å². The van der Waals surface area contributed by atoms with Crippen molar-refractivity contribution in [2.24, 2.45) is 0 Å². The summed E-state index contributed by atoms with van der Waals surface area (Å²) in [5.41, 5.74) is 2.26. The first kappa shape index (κ1) is 14.4. The molecule has 0 radical (unpaired) electrons. The highest BCUT2D eigenvalue weighted by Crippen LogP contribution is 2.25. The summed E-state index contributed by atoms with van der Waals surface area (Å²) in [5, 5.41) is 4.18. The second-order valence-electron chi connectivity index (χ2n) is 5.37. The van der Waals surface area contributed by atoms with Crippen LogP contribution in [0.15, 0.2) is 36.4 Å². The van der Waals surface area contributed by atoms with Crippen molar-refractivity contribution < 1.29 is 4.74 Å². The van der Waals surface area contributed by atoms with Crippen molar-refractivity contribution in [1.29, 1.82) is 0 Å². The van der Waals surface area contributed by atoms with Crippen LogP contribution < -0.4 is 10.1 Å². The Morgan fingerprint density at radius 3 is 2.86 bits per heavy atom. The summed E-state index contributed by atoms with van der Waals surface area (Å²) in [4.78, 5) is 4.53. The van der Waals surface area contributed by atoms with E-state index in [2.05, 4.69) is 23.3 Å². The number of nitrogens with one attached hydrogen (secondary N) is 1. The van der Waals surface area contributed by atoms with Crippen LogP contribution in [-0.4, -0.2) is 11.0 Å². The number of hydrogen-bond acceptors (Lipinski definition) is 3. The lowest BCUT2D eigenvalue weighted by Crippen LogP contribution is -2.15. The average Bonchev–Trinajstić information content (AvgIpc) is 3.29. The normalized spacial score (nSPS) is 14.2. The molecular formula is C17H19ClN2O. The van der Waals surface area contributed by atoms with Gasteiger partial charge in [0.1, 0.15) is 5.75 Å². The molecule has 1 aliphatic carbocycles. The Balaban J connectivity index is 1.77. The quantitative estimate of drug-likeness (QED) is 0.862. The molecule has 3 nitrogen and oxygen atoms in total. The maximum atomic E-state index is 5.98. The Labute approximate surface area is 130 Å². The minimum atomic E-state index is 0.629. The predicted octanol–water partition coefficient (Wildman–Crippen LogP) is 4.34. The van der Waals surface area contributed by atoms with Crippen molar-refractivity contribution in [3.63, 3.8) is 0 Å². The molecule has 0 amide bonds. The number of aromatic nitrogens is 1. The summed E-state index contributed by atoms with van der Waals surface area (Å²) in [6.45, 7) is 2.97. The maximum absolute atomic E-state index is 5.98. The number of rotatable bonds is 6. The van der Waals surface area contributed by atoms with Crippen molar-refractivity contribution >= 4 is 11.6 Å². The van der Waals surface area contributed by atoms with Gasteiger partial charge in [-0.1, -0.05) is 24.6 Å². The zero-order chi connectivity index (χ0) is 14.7. The maximum Gasteiger partial charge on any atom is 0.219 e. The van der Waals surface area contributed by atoms with E-state index in [4.69, 9.17) is 16.3 Å². The lowest BCUT2D eigenvalue weighted by atomic mass is 10.2. The number of benzene rings is 1.